The van der Waals surface area contributed by atoms with Crippen molar-refractivity contribution in [1.82, 2.24) is 0 Å². The zero-order chi connectivity index (χ0) is 19.3. The van der Waals surface area contributed by atoms with Gasteiger partial charge in [-0.1, -0.05) is 109 Å². The third-order valence-corrected chi connectivity index (χ3v) is 4.86. The molecule has 2 nitrogen and oxygen atoms in total. The van der Waals surface area contributed by atoms with E-state index in [1.807, 2.05) is 72.8 Å². The second-order valence-electron chi connectivity index (χ2n) is 6.71. The van der Waals surface area contributed by atoms with Crippen LogP contribution in [0.5, 0.6) is 0 Å². The normalized spacial score (nSPS) is 11.8. The molecule has 4 rings (SSSR count). The molecule has 136 valence electrons. The number of benzene rings is 4. The maximum atomic E-state index is 12.5. The number of carbonyl (C=O) groups is 1. The van der Waals surface area contributed by atoms with Crippen molar-refractivity contribution in [1.29, 1.82) is 0 Å². The molecule has 0 aliphatic heterocycles. The monoisotopic (exact) mass is 364 g/mol. The summed E-state index contributed by atoms with van der Waals surface area (Å²) in [5, 5.41) is 10.7. The van der Waals surface area contributed by atoms with Crippen LogP contribution in [0, 0.1) is 0 Å². The summed E-state index contributed by atoms with van der Waals surface area (Å²) in [5.41, 5.74) is 5.11. The van der Waals surface area contributed by atoms with Crippen LogP contribution in [0.1, 0.15) is 33.2 Å². The minimum atomic E-state index is -0.731. The lowest BCUT2D eigenvalue weighted by molar-refractivity contribution is 0.103. The van der Waals surface area contributed by atoms with Crippen molar-refractivity contribution in [3.8, 4) is 11.1 Å². The molecule has 1 atom stereocenters. The van der Waals surface area contributed by atoms with Crippen LogP contribution in [0.4, 0.5) is 0 Å². The Morgan fingerprint density at radius 3 is 1.54 bits per heavy atom. The molecule has 2 heteroatoms. The number of hydrogen-bond donors (Lipinski definition) is 1. The van der Waals surface area contributed by atoms with Crippen molar-refractivity contribution in [3.05, 3.63) is 131 Å². The van der Waals surface area contributed by atoms with Gasteiger partial charge in [0.2, 0.25) is 0 Å². The zero-order valence-electron chi connectivity index (χ0n) is 15.3. The van der Waals surface area contributed by atoms with Gasteiger partial charge >= 0.3 is 0 Å². The molecule has 0 aromatic heterocycles. The van der Waals surface area contributed by atoms with Crippen molar-refractivity contribution in [2.45, 2.75) is 6.10 Å². The Morgan fingerprint density at radius 2 is 0.964 bits per heavy atom. The van der Waals surface area contributed by atoms with Crippen LogP contribution in [0.25, 0.3) is 11.1 Å². The minimum absolute atomic E-state index is 0.0196. The smallest absolute Gasteiger partial charge is 0.193 e. The topological polar surface area (TPSA) is 37.3 Å². The lowest BCUT2D eigenvalue weighted by Crippen LogP contribution is -2.03. The standard InChI is InChI=1S/C26H20O2/c27-25(21-9-5-2-6-10-21)23-15-17-24(18-16-23)26(28)22-13-11-20(12-14-22)19-7-3-1-4-8-19/h1-18,26,28H. The van der Waals surface area contributed by atoms with Gasteiger partial charge in [-0.05, 0) is 22.3 Å². The van der Waals surface area contributed by atoms with Crippen LogP contribution in [0.3, 0.4) is 0 Å². The fraction of sp³-hybridized carbons (Fsp3) is 0.0385. The first-order valence-electron chi connectivity index (χ1n) is 9.25. The number of ketones is 1. The number of aliphatic hydroxyl groups excluding tert-OH is 1. The highest BCUT2D eigenvalue weighted by atomic mass is 16.3. The number of carbonyl (C=O) groups excluding carboxylic acids is 1. The van der Waals surface area contributed by atoms with Gasteiger partial charge in [-0.15, -0.1) is 0 Å². The average Bonchev–Trinajstić information content (AvgIpc) is 2.79. The lowest BCUT2D eigenvalue weighted by atomic mass is 9.96. The first kappa shape index (κ1) is 17.9. The van der Waals surface area contributed by atoms with Gasteiger partial charge in [0, 0.05) is 11.1 Å². The zero-order valence-corrected chi connectivity index (χ0v) is 15.3. The first-order chi connectivity index (χ1) is 13.7. The summed E-state index contributed by atoms with van der Waals surface area (Å²) in [4.78, 5) is 12.5. The van der Waals surface area contributed by atoms with Crippen LogP contribution in [0.2, 0.25) is 0 Å². The van der Waals surface area contributed by atoms with Gasteiger partial charge in [-0.2, -0.15) is 0 Å². The van der Waals surface area contributed by atoms with E-state index in [0.29, 0.717) is 11.1 Å². The summed E-state index contributed by atoms with van der Waals surface area (Å²) >= 11 is 0. The Morgan fingerprint density at radius 1 is 0.536 bits per heavy atom. The molecule has 0 spiro atoms. The fourth-order valence-electron chi connectivity index (χ4n) is 3.25. The molecule has 0 saturated carbocycles. The van der Waals surface area contributed by atoms with Crippen molar-refractivity contribution in [2.75, 3.05) is 0 Å². The Labute approximate surface area is 164 Å². The Balaban J connectivity index is 1.52. The van der Waals surface area contributed by atoms with Crippen LogP contribution in [0.15, 0.2) is 109 Å². The lowest BCUT2D eigenvalue weighted by Gasteiger charge is -2.13. The molecule has 0 aliphatic carbocycles. The van der Waals surface area contributed by atoms with Crippen molar-refractivity contribution in [3.63, 3.8) is 0 Å². The molecule has 28 heavy (non-hydrogen) atoms. The van der Waals surface area contributed by atoms with Crippen LogP contribution < -0.4 is 0 Å². The molecule has 4 aromatic rings. The second-order valence-corrected chi connectivity index (χ2v) is 6.71. The Bertz CT molecular complexity index is 1050. The van der Waals surface area contributed by atoms with E-state index in [2.05, 4.69) is 12.1 Å². The minimum Gasteiger partial charge on any atom is -0.384 e. The molecule has 0 bridgehead atoms. The summed E-state index contributed by atoms with van der Waals surface area (Å²) in [5.74, 6) is -0.0196. The fourth-order valence-corrected chi connectivity index (χ4v) is 3.25. The predicted molar refractivity (Wildman–Crippen MR) is 112 cm³/mol. The van der Waals surface area contributed by atoms with E-state index in [-0.39, 0.29) is 5.78 Å². The highest BCUT2D eigenvalue weighted by molar-refractivity contribution is 6.08. The summed E-state index contributed by atoms with van der Waals surface area (Å²) in [6.45, 7) is 0. The van der Waals surface area contributed by atoms with E-state index in [4.69, 9.17) is 0 Å². The molecule has 0 saturated heterocycles. The molecule has 0 heterocycles. The molecule has 0 amide bonds. The Kier molecular flexibility index (Phi) is 5.14. The van der Waals surface area contributed by atoms with Crippen molar-refractivity contribution in [2.24, 2.45) is 0 Å². The molecule has 4 aromatic carbocycles. The highest BCUT2D eigenvalue weighted by Crippen LogP contribution is 2.26. The third-order valence-electron chi connectivity index (χ3n) is 4.86. The number of hydrogen-bond acceptors (Lipinski definition) is 2. The maximum absolute atomic E-state index is 12.5. The molecular formula is C26H20O2. The third kappa shape index (κ3) is 3.78. The SMILES string of the molecule is O=C(c1ccccc1)c1ccc(C(O)c2ccc(-c3ccccc3)cc2)cc1. The number of aliphatic hydroxyl groups is 1. The quantitative estimate of drug-likeness (QED) is 0.464. The Hall–Kier alpha value is -3.49. The van der Waals surface area contributed by atoms with Gasteiger partial charge < -0.3 is 5.11 Å². The molecule has 1 unspecified atom stereocenters. The van der Waals surface area contributed by atoms with E-state index < -0.39 is 6.10 Å². The summed E-state index contributed by atoms with van der Waals surface area (Å²) in [6.07, 6.45) is -0.731. The van der Waals surface area contributed by atoms with Gasteiger partial charge in [0.15, 0.2) is 5.78 Å². The molecular weight excluding hydrogens is 344 g/mol. The van der Waals surface area contributed by atoms with Gasteiger partial charge in [-0.25, -0.2) is 0 Å². The van der Waals surface area contributed by atoms with E-state index in [9.17, 15) is 9.90 Å². The van der Waals surface area contributed by atoms with E-state index in [0.717, 1.165) is 22.3 Å². The average molecular weight is 364 g/mol. The van der Waals surface area contributed by atoms with Crippen molar-refractivity contribution >= 4 is 5.78 Å². The molecule has 1 N–H and O–H groups in total. The largest absolute Gasteiger partial charge is 0.384 e. The van der Waals surface area contributed by atoms with E-state index in [1.54, 1.807) is 24.3 Å². The molecule has 0 radical (unpaired) electrons. The second kappa shape index (κ2) is 8.03. The van der Waals surface area contributed by atoms with Gasteiger partial charge in [0.25, 0.3) is 0 Å². The van der Waals surface area contributed by atoms with Crippen LogP contribution in [-0.2, 0) is 0 Å². The van der Waals surface area contributed by atoms with Crippen LogP contribution in [-0.4, -0.2) is 10.9 Å². The van der Waals surface area contributed by atoms with E-state index >= 15 is 0 Å². The van der Waals surface area contributed by atoms with E-state index in [1.165, 1.54) is 0 Å². The van der Waals surface area contributed by atoms with Gasteiger partial charge in [0.05, 0.1) is 0 Å². The predicted octanol–water partition coefficient (Wildman–Crippen LogP) is 5.67. The van der Waals surface area contributed by atoms with Crippen LogP contribution >= 0.6 is 0 Å². The van der Waals surface area contributed by atoms with Gasteiger partial charge in [-0.3, -0.25) is 4.79 Å². The highest BCUT2D eigenvalue weighted by Gasteiger charge is 2.13. The molecule has 0 fully saturated rings. The summed E-state index contributed by atoms with van der Waals surface area (Å²) < 4.78 is 0. The summed E-state index contributed by atoms with van der Waals surface area (Å²) in [7, 11) is 0. The van der Waals surface area contributed by atoms with Gasteiger partial charge in [0.1, 0.15) is 6.10 Å². The molecule has 0 aliphatic rings. The number of rotatable bonds is 5. The van der Waals surface area contributed by atoms with Crippen molar-refractivity contribution < 1.29 is 9.90 Å². The maximum Gasteiger partial charge on any atom is 0.193 e. The first-order valence-corrected chi connectivity index (χ1v) is 9.25. The summed E-state index contributed by atoms with van der Waals surface area (Å²) in [6, 6.07) is 34.4.